The summed E-state index contributed by atoms with van der Waals surface area (Å²) in [6.07, 6.45) is 0. The van der Waals surface area contributed by atoms with Crippen LogP contribution in [0.15, 0.2) is 53.4 Å². The van der Waals surface area contributed by atoms with Crippen LogP contribution in [-0.2, 0) is 19.5 Å². The van der Waals surface area contributed by atoms with Gasteiger partial charge in [0.15, 0.2) is 0 Å². The highest BCUT2D eigenvalue weighted by atomic mass is 32.2. The molecule has 1 fully saturated rings. The summed E-state index contributed by atoms with van der Waals surface area (Å²) >= 11 is 0. The molecule has 9 heteroatoms. The highest BCUT2D eigenvalue weighted by molar-refractivity contribution is 7.89. The Bertz CT molecular complexity index is 922. The van der Waals surface area contributed by atoms with E-state index >= 15 is 0 Å². The fourth-order valence-electron chi connectivity index (χ4n) is 2.83. The van der Waals surface area contributed by atoms with Gasteiger partial charge in [0.2, 0.25) is 10.0 Å². The number of rotatable bonds is 8. The molecule has 0 aliphatic carbocycles. The highest BCUT2D eigenvalue weighted by Crippen LogP contribution is 2.21. The number of ether oxygens (including phenoxy) is 4. The van der Waals surface area contributed by atoms with Gasteiger partial charge in [0.05, 0.1) is 25.2 Å². The van der Waals surface area contributed by atoms with Crippen LogP contribution in [0.4, 0.5) is 0 Å². The Morgan fingerprint density at radius 2 is 1.72 bits per heavy atom. The predicted octanol–water partition coefficient (Wildman–Crippen LogP) is 1.95. The van der Waals surface area contributed by atoms with E-state index in [0.717, 1.165) is 0 Å². The van der Waals surface area contributed by atoms with Crippen molar-refractivity contribution in [2.24, 2.45) is 0 Å². The largest absolute Gasteiger partial charge is 0.496 e. The fraction of sp³-hybridized carbons (Fsp3) is 0.350. The summed E-state index contributed by atoms with van der Waals surface area (Å²) < 4.78 is 47.6. The maximum Gasteiger partial charge on any atom is 0.342 e. The number of benzene rings is 2. The lowest BCUT2D eigenvalue weighted by Crippen LogP contribution is -2.40. The van der Waals surface area contributed by atoms with Crippen molar-refractivity contribution in [3.8, 4) is 11.5 Å². The third-order valence-electron chi connectivity index (χ3n) is 4.34. The Kier molecular flexibility index (Phi) is 7.08. The molecule has 2 aromatic carbocycles. The van der Waals surface area contributed by atoms with Crippen molar-refractivity contribution < 1.29 is 32.2 Å². The van der Waals surface area contributed by atoms with Gasteiger partial charge in [-0.05, 0) is 36.4 Å². The molecule has 1 aliphatic rings. The minimum absolute atomic E-state index is 0.0463. The Morgan fingerprint density at radius 1 is 1.03 bits per heavy atom. The van der Waals surface area contributed by atoms with E-state index in [-0.39, 0.29) is 18.1 Å². The predicted molar refractivity (Wildman–Crippen MR) is 105 cm³/mol. The van der Waals surface area contributed by atoms with Gasteiger partial charge >= 0.3 is 5.97 Å². The number of hydrogen-bond acceptors (Lipinski definition) is 7. The minimum atomic E-state index is -3.54. The first kappa shape index (κ1) is 21.1. The summed E-state index contributed by atoms with van der Waals surface area (Å²) in [7, 11) is -2.05. The van der Waals surface area contributed by atoms with E-state index in [4.69, 9.17) is 18.9 Å². The summed E-state index contributed by atoms with van der Waals surface area (Å²) in [6, 6.07) is 13.0. The van der Waals surface area contributed by atoms with Crippen LogP contribution in [0, 0.1) is 0 Å². The van der Waals surface area contributed by atoms with Gasteiger partial charge in [-0.15, -0.1) is 0 Å². The van der Waals surface area contributed by atoms with Crippen LogP contribution in [0.1, 0.15) is 10.4 Å². The average Bonchev–Trinajstić information content (AvgIpc) is 2.77. The van der Waals surface area contributed by atoms with Crippen molar-refractivity contribution in [1.29, 1.82) is 0 Å². The molecule has 0 bridgehead atoms. The Hall–Kier alpha value is -2.62. The summed E-state index contributed by atoms with van der Waals surface area (Å²) in [5.74, 6) is 0.424. The molecule has 8 nitrogen and oxygen atoms in total. The topological polar surface area (TPSA) is 91.4 Å². The number of morpholine rings is 1. The Balaban J connectivity index is 1.50. The first-order chi connectivity index (χ1) is 14.0. The van der Waals surface area contributed by atoms with Crippen molar-refractivity contribution in [2.75, 3.05) is 46.6 Å². The SMILES string of the molecule is COc1ccccc1C(=O)OCCOc1ccc(S(=O)(=O)N2CCOCC2)cc1. The molecular formula is C20H23NO7S. The van der Waals surface area contributed by atoms with Crippen LogP contribution in [0.5, 0.6) is 11.5 Å². The number of sulfonamides is 1. The molecule has 1 heterocycles. The van der Waals surface area contributed by atoms with Gasteiger partial charge in [0.1, 0.15) is 30.3 Å². The third kappa shape index (κ3) is 5.26. The zero-order chi connectivity index (χ0) is 20.7. The number of esters is 1. The van der Waals surface area contributed by atoms with Gasteiger partial charge in [0.25, 0.3) is 0 Å². The number of carbonyl (C=O) groups excluding carboxylic acids is 1. The lowest BCUT2D eigenvalue weighted by atomic mass is 10.2. The molecule has 156 valence electrons. The minimum Gasteiger partial charge on any atom is -0.496 e. The molecule has 0 unspecified atom stereocenters. The molecule has 0 amide bonds. The van der Waals surface area contributed by atoms with Gasteiger partial charge in [0, 0.05) is 13.1 Å². The van der Waals surface area contributed by atoms with Crippen LogP contribution in [0.2, 0.25) is 0 Å². The van der Waals surface area contributed by atoms with Crippen molar-refractivity contribution in [3.63, 3.8) is 0 Å². The van der Waals surface area contributed by atoms with Gasteiger partial charge in [-0.1, -0.05) is 12.1 Å². The highest BCUT2D eigenvalue weighted by Gasteiger charge is 2.26. The first-order valence-electron chi connectivity index (χ1n) is 9.13. The molecule has 0 N–H and O–H groups in total. The van der Waals surface area contributed by atoms with Gasteiger partial charge in [-0.2, -0.15) is 4.31 Å². The molecule has 0 aromatic heterocycles. The molecule has 1 aliphatic heterocycles. The second-order valence-corrected chi connectivity index (χ2v) is 8.11. The van der Waals surface area contributed by atoms with Crippen LogP contribution < -0.4 is 9.47 Å². The molecule has 29 heavy (non-hydrogen) atoms. The van der Waals surface area contributed by atoms with Gasteiger partial charge in [-0.25, -0.2) is 13.2 Å². The van der Waals surface area contributed by atoms with Crippen LogP contribution in [-0.4, -0.2) is 65.3 Å². The molecule has 2 aromatic rings. The molecule has 0 saturated carbocycles. The first-order valence-corrected chi connectivity index (χ1v) is 10.6. The molecule has 0 atom stereocenters. The maximum atomic E-state index is 12.6. The van der Waals surface area contributed by atoms with E-state index in [9.17, 15) is 13.2 Å². The summed E-state index contributed by atoms with van der Waals surface area (Å²) in [5, 5.41) is 0. The molecule has 3 rings (SSSR count). The molecule has 1 saturated heterocycles. The normalized spacial score (nSPS) is 14.9. The molecule has 0 radical (unpaired) electrons. The van der Waals surface area contributed by atoms with Crippen molar-refractivity contribution in [3.05, 3.63) is 54.1 Å². The lowest BCUT2D eigenvalue weighted by Gasteiger charge is -2.26. The van der Waals surface area contributed by atoms with Crippen LogP contribution in [0.25, 0.3) is 0 Å². The van der Waals surface area contributed by atoms with E-state index in [1.807, 2.05) is 0 Å². The van der Waals surface area contributed by atoms with E-state index in [2.05, 4.69) is 0 Å². The van der Waals surface area contributed by atoms with Crippen molar-refractivity contribution in [2.45, 2.75) is 4.90 Å². The summed E-state index contributed by atoms with van der Waals surface area (Å²) in [5.41, 5.74) is 0.340. The second-order valence-electron chi connectivity index (χ2n) is 6.17. The molecular weight excluding hydrogens is 398 g/mol. The van der Waals surface area contributed by atoms with E-state index in [1.165, 1.54) is 23.5 Å². The number of carbonyl (C=O) groups is 1. The summed E-state index contributed by atoms with van der Waals surface area (Å²) in [4.78, 5) is 12.3. The van der Waals surface area contributed by atoms with Gasteiger partial charge < -0.3 is 18.9 Å². The zero-order valence-corrected chi connectivity index (χ0v) is 16.9. The third-order valence-corrected chi connectivity index (χ3v) is 6.26. The molecule has 0 spiro atoms. The van der Waals surface area contributed by atoms with Gasteiger partial charge in [-0.3, -0.25) is 0 Å². The monoisotopic (exact) mass is 421 g/mol. The lowest BCUT2D eigenvalue weighted by molar-refractivity contribution is 0.0447. The number of para-hydroxylation sites is 1. The number of hydrogen-bond donors (Lipinski definition) is 0. The summed E-state index contributed by atoms with van der Waals surface area (Å²) in [6.45, 7) is 1.67. The Labute approximate surface area is 170 Å². The van der Waals surface area contributed by atoms with Crippen LogP contribution >= 0.6 is 0 Å². The standard InChI is InChI=1S/C20H23NO7S/c1-25-19-5-3-2-4-18(19)20(22)28-15-14-27-16-6-8-17(9-7-16)29(23,24)21-10-12-26-13-11-21/h2-9H,10-15H2,1H3. The average molecular weight is 421 g/mol. The number of nitrogens with zero attached hydrogens (tertiary/aromatic N) is 1. The second kappa shape index (κ2) is 9.73. The fourth-order valence-corrected chi connectivity index (χ4v) is 4.24. The van der Waals surface area contributed by atoms with Crippen molar-refractivity contribution >= 4 is 16.0 Å². The smallest absolute Gasteiger partial charge is 0.342 e. The van der Waals surface area contributed by atoms with E-state index < -0.39 is 16.0 Å². The van der Waals surface area contributed by atoms with E-state index in [1.54, 1.807) is 36.4 Å². The van der Waals surface area contributed by atoms with Crippen molar-refractivity contribution in [1.82, 2.24) is 4.31 Å². The Morgan fingerprint density at radius 3 is 2.41 bits per heavy atom. The van der Waals surface area contributed by atoms with Crippen LogP contribution in [0.3, 0.4) is 0 Å². The zero-order valence-electron chi connectivity index (χ0n) is 16.1. The van der Waals surface area contributed by atoms with E-state index in [0.29, 0.717) is 43.4 Å². The quantitative estimate of drug-likeness (QED) is 0.475. The maximum absolute atomic E-state index is 12.6. The number of methoxy groups -OCH3 is 1.